The minimum atomic E-state index is -0.958. The Morgan fingerprint density at radius 1 is 1.41 bits per heavy atom. The summed E-state index contributed by atoms with van der Waals surface area (Å²) in [5, 5.41) is 8.75. The van der Waals surface area contributed by atoms with Crippen molar-refractivity contribution in [3.8, 4) is 0 Å². The van der Waals surface area contributed by atoms with Gasteiger partial charge in [0.05, 0.1) is 11.3 Å². The van der Waals surface area contributed by atoms with Crippen LogP contribution in [0, 0.1) is 6.92 Å². The molecule has 1 heterocycles. The lowest BCUT2D eigenvalue weighted by Gasteiger charge is -2.00. The van der Waals surface area contributed by atoms with E-state index in [2.05, 4.69) is 6.07 Å². The number of carboxylic acids is 1. The van der Waals surface area contributed by atoms with Crippen LogP contribution in [0.1, 0.15) is 21.7 Å². The summed E-state index contributed by atoms with van der Waals surface area (Å²) in [5.74, 6) is 0.353. The second-order valence-electron chi connectivity index (χ2n) is 3.71. The van der Waals surface area contributed by atoms with Gasteiger partial charge in [-0.25, -0.2) is 4.79 Å². The highest BCUT2D eigenvalue weighted by Gasteiger charge is 2.08. The van der Waals surface area contributed by atoms with Crippen LogP contribution in [0.25, 0.3) is 0 Å². The molecule has 0 saturated carbocycles. The van der Waals surface area contributed by atoms with E-state index in [1.54, 1.807) is 17.8 Å². The molecule has 0 spiro atoms. The molecule has 2 aromatic rings. The van der Waals surface area contributed by atoms with Crippen LogP contribution in [0.5, 0.6) is 0 Å². The van der Waals surface area contributed by atoms with E-state index in [-0.39, 0.29) is 5.56 Å². The molecule has 88 valence electrons. The molecule has 0 bridgehead atoms. The fourth-order valence-corrected chi connectivity index (χ4v) is 2.33. The monoisotopic (exact) mass is 248 g/mol. The number of benzene rings is 1. The molecule has 0 aliphatic heterocycles. The molecule has 0 unspecified atom stereocenters. The van der Waals surface area contributed by atoms with Gasteiger partial charge in [-0.2, -0.15) is 0 Å². The van der Waals surface area contributed by atoms with E-state index in [0.29, 0.717) is 11.5 Å². The molecule has 0 amide bonds. The fraction of sp³-hybridized carbons (Fsp3) is 0.154. The van der Waals surface area contributed by atoms with Gasteiger partial charge >= 0.3 is 5.97 Å². The third-order valence-electron chi connectivity index (χ3n) is 2.27. The van der Waals surface area contributed by atoms with Crippen molar-refractivity contribution in [2.75, 3.05) is 0 Å². The lowest BCUT2D eigenvalue weighted by molar-refractivity contribution is 0.0696. The van der Waals surface area contributed by atoms with Crippen LogP contribution in [0.3, 0.4) is 0 Å². The Kier molecular flexibility index (Phi) is 3.54. The molecule has 2 rings (SSSR count). The number of carboxylic acid groups (broad SMARTS) is 1. The van der Waals surface area contributed by atoms with E-state index >= 15 is 0 Å². The Balaban J connectivity index is 2.00. The van der Waals surface area contributed by atoms with Gasteiger partial charge in [-0.1, -0.05) is 17.7 Å². The van der Waals surface area contributed by atoms with Gasteiger partial charge in [0, 0.05) is 4.90 Å². The number of hydrogen-bond acceptors (Lipinski definition) is 3. The highest BCUT2D eigenvalue weighted by Crippen LogP contribution is 2.24. The Hall–Kier alpha value is -1.68. The first kappa shape index (κ1) is 11.8. The van der Waals surface area contributed by atoms with E-state index in [9.17, 15) is 4.79 Å². The molecule has 1 aromatic carbocycles. The van der Waals surface area contributed by atoms with Gasteiger partial charge in [0.1, 0.15) is 12.0 Å². The van der Waals surface area contributed by atoms with Crippen molar-refractivity contribution in [2.45, 2.75) is 17.6 Å². The van der Waals surface area contributed by atoms with Crippen LogP contribution < -0.4 is 0 Å². The SMILES string of the molecule is Cc1cccc(SCc2cc(C(=O)O)co2)c1. The highest BCUT2D eigenvalue weighted by molar-refractivity contribution is 7.98. The van der Waals surface area contributed by atoms with Gasteiger partial charge in [-0.05, 0) is 25.1 Å². The molecule has 0 aliphatic rings. The Morgan fingerprint density at radius 3 is 2.88 bits per heavy atom. The van der Waals surface area contributed by atoms with E-state index in [0.717, 1.165) is 4.90 Å². The third kappa shape index (κ3) is 3.14. The number of furan rings is 1. The molecule has 1 N–H and O–H groups in total. The molecule has 0 atom stereocenters. The molecule has 3 nitrogen and oxygen atoms in total. The summed E-state index contributed by atoms with van der Waals surface area (Å²) in [6.45, 7) is 2.04. The van der Waals surface area contributed by atoms with Crippen LogP contribution in [-0.2, 0) is 5.75 Å². The number of aryl methyl sites for hydroxylation is 1. The predicted octanol–water partition coefficient (Wildman–Crippen LogP) is 3.58. The van der Waals surface area contributed by atoms with Gasteiger partial charge < -0.3 is 9.52 Å². The molecule has 0 fully saturated rings. The number of thioether (sulfide) groups is 1. The van der Waals surface area contributed by atoms with Crippen LogP contribution in [0.4, 0.5) is 0 Å². The lowest BCUT2D eigenvalue weighted by Crippen LogP contribution is -1.91. The summed E-state index contributed by atoms with van der Waals surface area (Å²) in [4.78, 5) is 11.8. The van der Waals surface area contributed by atoms with Gasteiger partial charge in [-0.15, -0.1) is 11.8 Å². The maximum atomic E-state index is 10.7. The smallest absolute Gasteiger partial charge is 0.338 e. The van der Waals surface area contributed by atoms with Crippen molar-refractivity contribution >= 4 is 17.7 Å². The predicted molar refractivity (Wildman–Crippen MR) is 66.4 cm³/mol. The largest absolute Gasteiger partial charge is 0.478 e. The van der Waals surface area contributed by atoms with Crippen LogP contribution in [0.2, 0.25) is 0 Å². The standard InChI is InChI=1S/C13H12O3S/c1-9-3-2-4-12(5-9)17-8-11-6-10(7-16-11)13(14)15/h2-7H,8H2,1H3,(H,14,15). The minimum Gasteiger partial charge on any atom is -0.478 e. The molecule has 0 radical (unpaired) electrons. The normalized spacial score (nSPS) is 10.4. The maximum absolute atomic E-state index is 10.7. The summed E-state index contributed by atoms with van der Waals surface area (Å²) in [6.07, 6.45) is 1.27. The third-order valence-corrected chi connectivity index (χ3v) is 3.29. The number of hydrogen-bond donors (Lipinski definition) is 1. The lowest BCUT2D eigenvalue weighted by atomic mass is 10.2. The number of carbonyl (C=O) groups is 1. The first-order valence-electron chi connectivity index (χ1n) is 5.15. The summed E-state index contributed by atoms with van der Waals surface area (Å²) in [7, 11) is 0. The van der Waals surface area contributed by atoms with Crippen molar-refractivity contribution < 1.29 is 14.3 Å². The van der Waals surface area contributed by atoms with Crippen molar-refractivity contribution in [1.82, 2.24) is 0 Å². The molecule has 1 aromatic heterocycles. The molecule has 0 aliphatic carbocycles. The van der Waals surface area contributed by atoms with Crippen molar-refractivity contribution in [3.63, 3.8) is 0 Å². The number of aromatic carboxylic acids is 1. The highest BCUT2D eigenvalue weighted by atomic mass is 32.2. The quantitative estimate of drug-likeness (QED) is 0.840. The summed E-state index contributed by atoms with van der Waals surface area (Å²) in [6, 6.07) is 9.72. The zero-order chi connectivity index (χ0) is 12.3. The van der Waals surface area contributed by atoms with Gasteiger partial charge in [0.25, 0.3) is 0 Å². The average molecular weight is 248 g/mol. The van der Waals surface area contributed by atoms with Crippen LogP contribution in [-0.4, -0.2) is 11.1 Å². The summed E-state index contributed by atoms with van der Waals surface area (Å²) < 4.78 is 5.18. The van der Waals surface area contributed by atoms with Crippen LogP contribution >= 0.6 is 11.8 Å². The molecule has 0 saturated heterocycles. The minimum absolute atomic E-state index is 0.199. The topological polar surface area (TPSA) is 50.4 Å². The molecule has 17 heavy (non-hydrogen) atoms. The van der Waals surface area contributed by atoms with Gasteiger partial charge in [0.2, 0.25) is 0 Å². The van der Waals surface area contributed by atoms with Crippen molar-refractivity contribution in [3.05, 3.63) is 53.5 Å². The van der Waals surface area contributed by atoms with Crippen molar-refractivity contribution in [2.24, 2.45) is 0 Å². The second-order valence-corrected chi connectivity index (χ2v) is 4.76. The van der Waals surface area contributed by atoms with E-state index in [1.807, 2.05) is 25.1 Å². The first-order chi connectivity index (χ1) is 8.15. The summed E-state index contributed by atoms with van der Waals surface area (Å²) in [5.41, 5.74) is 1.41. The molecular formula is C13H12O3S. The maximum Gasteiger partial charge on any atom is 0.338 e. The second kappa shape index (κ2) is 5.10. The molecule has 4 heteroatoms. The Bertz CT molecular complexity index is 531. The Morgan fingerprint density at radius 2 is 2.24 bits per heavy atom. The fourth-order valence-electron chi connectivity index (χ4n) is 1.43. The van der Waals surface area contributed by atoms with Crippen LogP contribution in [0.15, 0.2) is 45.9 Å². The zero-order valence-electron chi connectivity index (χ0n) is 9.34. The first-order valence-corrected chi connectivity index (χ1v) is 6.14. The van der Waals surface area contributed by atoms with Gasteiger partial charge in [0.15, 0.2) is 0 Å². The Labute approximate surface area is 103 Å². The van der Waals surface area contributed by atoms with E-state index in [4.69, 9.17) is 9.52 Å². The van der Waals surface area contributed by atoms with E-state index < -0.39 is 5.97 Å². The van der Waals surface area contributed by atoms with Gasteiger partial charge in [-0.3, -0.25) is 0 Å². The van der Waals surface area contributed by atoms with Crippen molar-refractivity contribution in [1.29, 1.82) is 0 Å². The molecular weight excluding hydrogens is 236 g/mol. The number of rotatable bonds is 4. The van der Waals surface area contributed by atoms with E-state index in [1.165, 1.54) is 11.8 Å². The zero-order valence-corrected chi connectivity index (χ0v) is 10.2. The average Bonchev–Trinajstić information content (AvgIpc) is 2.75. The summed E-state index contributed by atoms with van der Waals surface area (Å²) >= 11 is 1.63.